The molecule has 0 amide bonds. The number of Topliss-reactive ketones (excluding diaryl/α,β-unsaturated/α-hetero) is 1. The van der Waals surface area contributed by atoms with Crippen LogP contribution in [0.3, 0.4) is 0 Å². The molecule has 1 aliphatic heterocycles. The third-order valence-corrected chi connectivity index (χ3v) is 2.51. The van der Waals surface area contributed by atoms with Gasteiger partial charge in [-0.15, -0.1) is 0 Å². The molecule has 1 fully saturated rings. The lowest BCUT2D eigenvalue weighted by atomic mass is 9.98. The van der Waals surface area contributed by atoms with Gasteiger partial charge in [0.1, 0.15) is 17.4 Å². The lowest BCUT2D eigenvalue weighted by Crippen LogP contribution is -2.31. The Labute approximate surface area is 95.3 Å². The number of carbonyl (C=O) groups excluding carboxylic acids is 2. The minimum absolute atomic E-state index is 0.129. The van der Waals surface area contributed by atoms with E-state index < -0.39 is 5.97 Å². The lowest BCUT2D eigenvalue weighted by Gasteiger charge is -2.20. The summed E-state index contributed by atoms with van der Waals surface area (Å²) in [7, 11) is 0. The summed E-state index contributed by atoms with van der Waals surface area (Å²) in [4.78, 5) is 23.0. The normalized spacial score (nSPS) is 24.6. The summed E-state index contributed by atoms with van der Waals surface area (Å²) in [6.45, 7) is 5.69. The zero-order chi connectivity index (χ0) is 12.3. The second-order valence-electron chi connectivity index (χ2n) is 4.60. The topological polar surface area (TPSA) is 63.6 Å². The maximum absolute atomic E-state index is 11.6. The number of allylic oxidation sites excluding steroid dienone is 1. The predicted octanol–water partition coefficient (Wildman–Crippen LogP) is 2.14. The van der Waals surface area contributed by atoms with E-state index in [1.807, 2.05) is 13.8 Å². The minimum atomic E-state index is -0.690. The van der Waals surface area contributed by atoms with E-state index in [1.54, 1.807) is 6.92 Å². The molecule has 1 aliphatic rings. The van der Waals surface area contributed by atoms with Crippen molar-refractivity contribution in [1.82, 2.24) is 0 Å². The molecule has 0 saturated carbocycles. The van der Waals surface area contributed by atoms with E-state index >= 15 is 0 Å². The summed E-state index contributed by atoms with van der Waals surface area (Å²) in [5, 5.41) is 9.71. The number of rotatable bonds is 3. The Morgan fingerprint density at radius 2 is 2.12 bits per heavy atom. The Morgan fingerprint density at radius 3 is 2.62 bits per heavy atom. The molecule has 1 saturated heterocycles. The molecule has 0 aromatic heterocycles. The Kier molecular flexibility index (Phi) is 4.10. The maximum Gasteiger partial charge on any atom is 0.345 e. The molecule has 0 radical (unpaired) electrons. The molecule has 0 unspecified atom stereocenters. The van der Waals surface area contributed by atoms with Crippen LogP contribution >= 0.6 is 0 Å². The van der Waals surface area contributed by atoms with Crippen molar-refractivity contribution < 1.29 is 19.4 Å². The number of hydrogen-bond acceptors (Lipinski definition) is 4. The van der Waals surface area contributed by atoms with Gasteiger partial charge in [-0.2, -0.15) is 0 Å². The fourth-order valence-corrected chi connectivity index (χ4v) is 1.59. The predicted molar refractivity (Wildman–Crippen MR) is 58.9 cm³/mol. The fraction of sp³-hybridized carbons (Fsp3) is 0.667. The second-order valence-corrected chi connectivity index (χ2v) is 4.60. The fourth-order valence-electron chi connectivity index (χ4n) is 1.59. The molecule has 1 heterocycles. The first-order valence-electron chi connectivity index (χ1n) is 5.58. The van der Waals surface area contributed by atoms with Crippen molar-refractivity contribution in [2.75, 3.05) is 0 Å². The summed E-state index contributed by atoms with van der Waals surface area (Å²) in [6, 6.07) is 0. The van der Waals surface area contributed by atoms with Crippen LogP contribution in [-0.2, 0) is 14.3 Å². The van der Waals surface area contributed by atoms with Crippen molar-refractivity contribution in [3.8, 4) is 0 Å². The van der Waals surface area contributed by atoms with Gasteiger partial charge in [0.25, 0.3) is 0 Å². The molecule has 16 heavy (non-hydrogen) atoms. The van der Waals surface area contributed by atoms with Gasteiger partial charge in [-0.1, -0.05) is 13.8 Å². The molecule has 4 heteroatoms. The summed E-state index contributed by atoms with van der Waals surface area (Å²) in [5.41, 5.74) is -0.154. The summed E-state index contributed by atoms with van der Waals surface area (Å²) < 4.78 is 4.92. The van der Waals surface area contributed by atoms with Crippen LogP contribution in [-0.4, -0.2) is 23.0 Å². The number of hydrogen-bond donors (Lipinski definition) is 1. The first-order chi connectivity index (χ1) is 7.41. The minimum Gasteiger partial charge on any atom is -0.511 e. The van der Waals surface area contributed by atoms with E-state index in [2.05, 4.69) is 0 Å². The van der Waals surface area contributed by atoms with Crippen LogP contribution < -0.4 is 0 Å². The number of aliphatic hydroxyl groups is 1. The van der Waals surface area contributed by atoms with E-state index in [-0.39, 0.29) is 29.6 Å². The van der Waals surface area contributed by atoms with E-state index in [0.717, 1.165) is 6.42 Å². The molecule has 1 N–H and O–H groups in total. The van der Waals surface area contributed by atoms with Crippen molar-refractivity contribution in [1.29, 1.82) is 0 Å². The number of aliphatic hydroxyl groups excluding tert-OH is 1. The van der Waals surface area contributed by atoms with Crippen LogP contribution in [0.1, 0.15) is 40.0 Å². The molecule has 4 nitrogen and oxygen atoms in total. The van der Waals surface area contributed by atoms with Gasteiger partial charge >= 0.3 is 5.97 Å². The monoisotopic (exact) mass is 226 g/mol. The van der Waals surface area contributed by atoms with Crippen LogP contribution in [0.4, 0.5) is 0 Å². The van der Waals surface area contributed by atoms with Crippen LogP contribution in [0.2, 0.25) is 0 Å². The summed E-state index contributed by atoms with van der Waals surface area (Å²) in [5.74, 6) is -0.720. The third kappa shape index (κ3) is 3.08. The molecule has 90 valence electrons. The highest BCUT2D eigenvalue weighted by atomic mass is 16.5. The number of ketones is 1. The average Bonchev–Trinajstić information content (AvgIpc) is 2.12. The first kappa shape index (κ1) is 12.7. The Morgan fingerprint density at radius 1 is 1.50 bits per heavy atom. The van der Waals surface area contributed by atoms with Gasteiger partial charge in [0.2, 0.25) is 0 Å². The van der Waals surface area contributed by atoms with Gasteiger partial charge in [0.05, 0.1) is 0 Å². The van der Waals surface area contributed by atoms with Crippen molar-refractivity contribution in [3.63, 3.8) is 0 Å². The molecule has 0 bridgehead atoms. The Bertz CT molecular complexity index is 308. The quantitative estimate of drug-likeness (QED) is 0.346. The molecule has 0 aromatic rings. The van der Waals surface area contributed by atoms with Crippen LogP contribution in [0.25, 0.3) is 0 Å². The van der Waals surface area contributed by atoms with Gasteiger partial charge in [-0.3, -0.25) is 4.79 Å². The third-order valence-electron chi connectivity index (χ3n) is 2.51. The lowest BCUT2D eigenvalue weighted by molar-refractivity contribution is -0.150. The van der Waals surface area contributed by atoms with Gasteiger partial charge in [0.15, 0.2) is 5.78 Å². The molecule has 0 aromatic carbocycles. The van der Waals surface area contributed by atoms with Crippen LogP contribution in [0.5, 0.6) is 0 Å². The van der Waals surface area contributed by atoms with E-state index in [4.69, 9.17) is 4.74 Å². The molecular weight excluding hydrogens is 208 g/mol. The number of cyclic esters (lactones) is 1. The average molecular weight is 226 g/mol. The van der Waals surface area contributed by atoms with E-state index in [1.165, 1.54) is 0 Å². The van der Waals surface area contributed by atoms with Crippen LogP contribution in [0, 0.1) is 5.92 Å². The maximum atomic E-state index is 11.6. The Hall–Kier alpha value is -1.32. The molecule has 1 rings (SSSR count). The zero-order valence-corrected chi connectivity index (χ0v) is 9.95. The molecular formula is C12H18O4. The first-order valence-corrected chi connectivity index (χ1v) is 5.58. The number of ether oxygens (including phenoxy) is 1. The second kappa shape index (κ2) is 5.14. The van der Waals surface area contributed by atoms with Gasteiger partial charge in [-0.05, 0) is 19.3 Å². The van der Waals surface area contributed by atoms with Crippen molar-refractivity contribution in [3.05, 3.63) is 11.3 Å². The van der Waals surface area contributed by atoms with Crippen molar-refractivity contribution in [2.45, 2.75) is 46.1 Å². The largest absolute Gasteiger partial charge is 0.511 e. The summed E-state index contributed by atoms with van der Waals surface area (Å²) >= 11 is 0. The number of carbonyl (C=O) groups is 2. The SMILES string of the molecule is CC(C)CC/C(O)=C1/C(=O)C[C@@H](C)OC1=O. The van der Waals surface area contributed by atoms with Gasteiger partial charge in [0, 0.05) is 12.8 Å². The van der Waals surface area contributed by atoms with Crippen LogP contribution in [0.15, 0.2) is 11.3 Å². The van der Waals surface area contributed by atoms with E-state index in [0.29, 0.717) is 12.3 Å². The van der Waals surface area contributed by atoms with Gasteiger partial charge < -0.3 is 9.84 Å². The van der Waals surface area contributed by atoms with Crippen molar-refractivity contribution >= 4 is 11.8 Å². The standard InChI is InChI=1S/C12H18O4/c1-7(2)4-5-9(13)11-10(14)6-8(3)16-12(11)15/h7-8,13H,4-6H2,1-3H3/b11-9+/t8-/m1/s1. The zero-order valence-electron chi connectivity index (χ0n) is 9.95. The highest BCUT2D eigenvalue weighted by Crippen LogP contribution is 2.21. The smallest absolute Gasteiger partial charge is 0.345 e. The molecule has 0 spiro atoms. The summed E-state index contributed by atoms with van der Waals surface area (Å²) in [6.07, 6.45) is 0.863. The molecule has 0 aliphatic carbocycles. The van der Waals surface area contributed by atoms with Gasteiger partial charge in [-0.25, -0.2) is 4.79 Å². The molecule has 1 atom stereocenters. The van der Waals surface area contributed by atoms with Crippen molar-refractivity contribution in [2.24, 2.45) is 5.92 Å². The highest BCUT2D eigenvalue weighted by Gasteiger charge is 2.32. The van der Waals surface area contributed by atoms with E-state index in [9.17, 15) is 14.7 Å². The Balaban J connectivity index is 2.79. The number of esters is 1. The highest BCUT2D eigenvalue weighted by molar-refractivity contribution is 6.19.